The monoisotopic (exact) mass is 366 g/mol. The number of amides is 2. The van der Waals surface area contributed by atoms with Crippen LogP contribution in [0.15, 0.2) is 48.5 Å². The van der Waals surface area contributed by atoms with Gasteiger partial charge in [0.15, 0.2) is 5.69 Å². The summed E-state index contributed by atoms with van der Waals surface area (Å²) in [7, 11) is 1.62. The van der Waals surface area contributed by atoms with Crippen LogP contribution in [0.3, 0.4) is 0 Å². The van der Waals surface area contributed by atoms with Crippen molar-refractivity contribution in [3.05, 3.63) is 59.8 Å². The molecule has 0 saturated heterocycles. The molecule has 0 spiro atoms. The van der Waals surface area contributed by atoms with E-state index in [4.69, 9.17) is 4.74 Å². The third kappa shape index (κ3) is 4.63. The lowest BCUT2D eigenvalue weighted by Gasteiger charge is -2.09. The van der Waals surface area contributed by atoms with Gasteiger partial charge in [0.05, 0.1) is 12.6 Å². The van der Waals surface area contributed by atoms with E-state index in [1.807, 2.05) is 48.5 Å². The molecule has 140 valence electrons. The fraction of sp³-hybridized carbons (Fsp3) is 0.250. The molecule has 7 nitrogen and oxygen atoms in total. The number of carbonyl (C=O) groups is 2. The highest BCUT2D eigenvalue weighted by molar-refractivity contribution is 6.04. The fourth-order valence-electron chi connectivity index (χ4n) is 2.84. The fourth-order valence-corrected chi connectivity index (χ4v) is 2.84. The van der Waals surface area contributed by atoms with E-state index >= 15 is 0 Å². The van der Waals surface area contributed by atoms with E-state index in [-0.39, 0.29) is 11.8 Å². The Balaban J connectivity index is 1.41. The van der Waals surface area contributed by atoms with Gasteiger partial charge in [0, 0.05) is 24.9 Å². The van der Waals surface area contributed by atoms with Crippen LogP contribution >= 0.6 is 0 Å². The van der Waals surface area contributed by atoms with Crippen LogP contribution in [-0.2, 0) is 11.2 Å². The Morgan fingerprint density at radius 3 is 2.63 bits per heavy atom. The van der Waals surface area contributed by atoms with Gasteiger partial charge in [-0.25, -0.2) is 0 Å². The smallest absolute Gasteiger partial charge is 0.272 e. The molecule has 2 amide bonds. The standard InChI is InChI=1S/C20H22N4O3/c1-27-17-9-5-2-6-14(17)10-11-18(25)21-12-13-22-20(26)19-15-7-3-4-8-16(15)23-24-19/h2-9H,10-13H2,1H3,(H,21,25)(H,22,26)(H,23,24). The predicted molar refractivity (Wildman–Crippen MR) is 103 cm³/mol. The van der Waals surface area contributed by atoms with Gasteiger partial charge in [-0.15, -0.1) is 0 Å². The molecular weight excluding hydrogens is 344 g/mol. The first-order valence-corrected chi connectivity index (χ1v) is 8.79. The Morgan fingerprint density at radius 1 is 1.04 bits per heavy atom. The number of ether oxygens (including phenoxy) is 1. The number of fused-ring (bicyclic) bond motifs is 1. The van der Waals surface area contributed by atoms with Gasteiger partial charge in [-0.05, 0) is 24.1 Å². The Morgan fingerprint density at radius 2 is 1.78 bits per heavy atom. The number of aromatic amines is 1. The van der Waals surface area contributed by atoms with Crippen LogP contribution in [0.4, 0.5) is 0 Å². The van der Waals surface area contributed by atoms with Crippen molar-refractivity contribution < 1.29 is 14.3 Å². The van der Waals surface area contributed by atoms with Crippen LogP contribution in [-0.4, -0.2) is 42.2 Å². The number of carbonyl (C=O) groups excluding carboxylic acids is 2. The van der Waals surface area contributed by atoms with E-state index in [2.05, 4.69) is 20.8 Å². The molecule has 1 heterocycles. The normalized spacial score (nSPS) is 10.6. The molecule has 0 atom stereocenters. The highest BCUT2D eigenvalue weighted by Crippen LogP contribution is 2.18. The zero-order chi connectivity index (χ0) is 19.1. The van der Waals surface area contributed by atoms with E-state index in [0.717, 1.165) is 22.2 Å². The SMILES string of the molecule is COc1ccccc1CCC(=O)NCCNC(=O)c1n[nH]c2ccccc12. The zero-order valence-electron chi connectivity index (χ0n) is 15.1. The van der Waals surface area contributed by atoms with Crippen molar-refractivity contribution in [2.24, 2.45) is 0 Å². The van der Waals surface area contributed by atoms with Gasteiger partial charge in [-0.2, -0.15) is 5.10 Å². The van der Waals surface area contributed by atoms with Crippen LogP contribution in [0.1, 0.15) is 22.5 Å². The first-order chi connectivity index (χ1) is 13.2. The number of hydrogen-bond acceptors (Lipinski definition) is 4. The summed E-state index contributed by atoms with van der Waals surface area (Å²) in [6.45, 7) is 0.694. The molecule has 0 unspecified atom stereocenters. The van der Waals surface area contributed by atoms with Crippen LogP contribution < -0.4 is 15.4 Å². The van der Waals surface area contributed by atoms with Crippen molar-refractivity contribution in [2.45, 2.75) is 12.8 Å². The number of para-hydroxylation sites is 2. The summed E-state index contributed by atoms with van der Waals surface area (Å²) >= 11 is 0. The summed E-state index contributed by atoms with van der Waals surface area (Å²) in [6, 6.07) is 15.1. The molecule has 0 radical (unpaired) electrons. The average Bonchev–Trinajstić information content (AvgIpc) is 3.14. The number of benzene rings is 2. The molecule has 3 aromatic rings. The number of methoxy groups -OCH3 is 1. The van der Waals surface area contributed by atoms with Gasteiger partial charge in [0.25, 0.3) is 5.91 Å². The molecule has 3 rings (SSSR count). The molecule has 7 heteroatoms. The summed E-state index contributed by atoms with van der Waals surface area (Å²) in [6.07, 6.45) is 0.958. The summed E-state index contributed by atoms with van der Waals surface area (Å²) in [5, 5.41) is 13.2. The van der Waals surface area contributed by atoms with E-state index in [9.17, 15) is 9.59 Å². The second-order valence-electron chi connectivity index (χ2n) is 6.04. The molecule has 0 aliphatic heterocycles. The molecule has 0 bridgehead atoms. The molecule has 0 aliphatic rings. The topological polar surface area (TPSA) is 96.1 Å². The van der Waals surface area contributed by atoms with Gasteiger partial charge in [0.1, 0.15) is 5.75 Å². The van der Waals surface area contributed by atoms with Crippen molar-refractivity contribution in [1.82, 2.24) is 20.8 Å². The lowest BCUT2D eigenvalue weighted by Crippen LogP contribution is -2.35. The lowest BCUT2D eigenvalue weighted by atomic mass is 10.1. The minimum atomic E-state index is -0.268. The molecule has 27 heavy (non-hydrogen) atoms. The molecular formula is C20H22N4O3. The highest BCUT2D eigenvalue weighted by Gasteiger charge is 2.13. The molecule has 0 saturated carbocycles. The minimum Gasteiger partial charge on any atom is -0.496 e. The Hall–Kier alpha value is -3.35. The number of nitrogens with zero attached hydrogens (tertiary/aromatic N) is 1. The van der Waals surface area contributed by atoms with Crippen molar-refractivity contribution >= 4 is 22.7 Å². The van der Waals surface area contributed by atoms with Gasteiger partial charge < -0.3 is 15.4 Å². The molecule has 1 aromatic heterocycles. The second-order valence-corrected chi connectivity index (χ2v) is 6.04. The van der Waals surface area contributed by atoms with Crippen LogP contribution in [0.25, 0.3) is 10.9 Å². The maximum absolute atomic E-state index is 12.2. The number of hydrogen-bond donors (Lipinski definition) is 3. The van der Waals surface area contributed by atoms with E-state index < -0.39 is 0 Å². The molecule has 2 aromatic carbocycles. The number of H-pyrrole nitrogens is 1. The third-order valence-electron chi connectivity index (χ3n) is 4.23. The van der Waals surface area contributed by atoms with Gasteiger partial charge in [-0.3, -0.25) is 14.7 Å². The maximum atomic E-state index is 12.2. The first kappa shape index (κ1) is 18.4. The predicted octanol–water partition coefficient (Wildman–Crippen LogP) is 2.05. The van der Waals surface area contributed by atoms with Crippen LogP contribution in [0.5, 0.6) is 5.75 Å². The summed E-state index contributed by atoms with van der Waals surface area (Å²) in [5.41, 5.74) is 2.16. The van der Waals surface area contributed by atoms with E-state index in [1.54, 1.807) is 7.11 Å². The number of aromatic nitrogens is 2. The van der Waals surface area contributed by atoms with Crippen molar-refractivity contribution in [3.8, 4) is 5.75 Å². The van der Waals surface area contributed by atoms with Crippen molar-refractivity contribution in [1.29, 1.82) is 0 Å². The van der Waals surface area contributed by atoms with Crippen LogP contribution in [0, 0.1) is 0 Å². The third-order valence-corrected chi connectivity index (χ3v) is 4.23. The quantitative estimate of drug-likeness (QED) is 0.532. The number of rotatable bonds is 8. The Bertz CT molecular complexity index is 936. The summed E-state index contributed by atoms with van der Waals surface area (Å²) in [4.78, 5) is 24.2. The zero-order valence-corrected chi connectivity index (χ0v) is 15.1. The number of nitrogens with one attached hydrogen (secondary N) is 3. The minimum absolute atomic E-state index is 0.0691. The Labute approximate surface area is 157 Å². The summed E-state index contributed by atoms with van der Waals surface area (Å²) < 4.78 is 5.28. The van der Waals surface area contributed by atoms with Crippen molar-refractivity contribution in [2.75, 3.05) is 20.2 Å². The van der Waals surface area contributed by atoms with E-state index in [0.29, 0.717) is 31.6 Å². The van der Waals surface area contributed by atoms with Crippen molar-refractivity contribution in [3.63, 3.8) is 0 Å². The summed E-state index contributed by atoms with van der Waals surface area (Å²) in [5.74, 6) is 0.444. The molecule has 3 N–H and O–H groups in total. The molecule has 0 fully saturated rings. The highest BCUT2D eigenvalue weighted by atomic mass is 16.5. The second kappa shape index (κ2) is 8.84. The average molecular weight is 366 g/mol. The largest absolute Gasteiger partial charge is 0.496 e. The van der Waals surface area contributed by atoms with E-state index in [1.165, 1.54) is 0 Å². The molecule has 0 aliphatic carbocycles. The maximum Gasteiger partial charge on any atom is 0.272 e. The van der Waals surface area contributed by atoms with Crippen LogP contribution in [0.2, 0.25) is 0 Å². The Kier molecular flexibility index (Phi) is 6.04. The first-order valence-electron chi connectivity index (χ1n) is 8.79. The lowest BCUT2D eigenvalue weighted by molar-refractivity contribution is -0.121. The van der Waals surface area contributed by atoms with Gasteiger partial charge in [0.2, 0.25) is 5.91 Å². The van der Waals surface area contributed by atoms with Gasteiger partial charge in [-0.1, -0.05) is 36.4 Å². The van der Waals surface area contributed by atoms with Gasteiger partial charge >= 0.3 is 0 Å². The number of aryl methyl sites for hydroxylation is 1.